The topological polar surface area (TPSA) is 32.3 Å². The smallest absolute Gasteiger partial charge is 0.219 e. The van der Waals surface area contributed by atoms with E-state index in [2.05, 4.69) is 10.2 Å². The van der Waals surface area contributed by atoms with Gasteiger partial charge in [0.1, 0.15) is 0 Å². The fourth-order valence-electron chi connectivity index (χ4n) is 3.28. The molecule has 2 fully saturated rings. The first-order valence-corrected chi connectivity index (χ1v) is 7.28. The monoisotopic (exact) mass is 238 g/mol. The highest BCUT2D eigenvalue weighted by Crippen LogP contribution is 2.23. The van der Waals surface area contributed by atoms with Crippen molar-refractivity contribution < 1.29 is 4.79 Å². The molecule has 1 N–H and O–H groups in total. The molecule has 2 saturated heterocycles. The molecule has 0 aromatic rings. The van der Waals surface area contributed by atoms with Gasteiger partial charge in [0.05, 0.1) is 0 Å². The Morgan fingerprint density at radius 1 is 1.18 bits per heavy atom. The highest BCUT2D eigenvalue weighted by atomic mass is 16.2. The summed E-state index contributed by atoms with van der Waals surface area (Å²) < 4.78 is 0. The van der Waals surface area contributed by atoms with Crippen LogP contribution in [0.1, 0.15) is 58.3 Å². The van der Waals surface area contributed by atoms with Crippen molar-refractivity contribution in [1.29, 1.82) is 0 Å². The van der Waals surface area contributed by atoms with Crippen molar-refractivity contribution in [3.8, 4) is 0 Å². The van der Waals surface area contributed by atoms with Crippen LogP contribution in [-0.2, 0) is 4.79 Å². The fourth-order valence-corrected chi connectivity index (χ4v) is 3.28. The highest BCUT2D eigenvalue weighted by Gasteiger charge is 2.25. The van der Waals surface area contributed by atoms with Gasteiger partial charge in [-0.2, -0.15) is 0 Å². The molecule has 17 heavy (non-hydrogen) atoms. The number of carbonyl (C=O) groups excluding carboxylic acids is 1. The quantitative estimate of drug-likeness (QED) is 0.818. The Balaban J connectivity index is 1.77. The molecule has 0 radical (unpaired) electrons. The van der Waals surface area contributed by atoms with E-state index in [0.29, 0.717) is 12.1 Å². The fraction of sp³-hybridized carbons (Fsp3) is 0.929. The van der Waals surface area contributed by atoms with Crippen LogP contribution in [0.5, 0.6) is 0 Å². The van der Waals surface area contributed by atoms with Crippen LogP contribution in [0, 0.1) is 0 Å². The Bertz CT molecular complexity index is 249. The number of nitrogens with zero attached hydrogens (tertiary/aromatic N) is 1. The summed E-state index contributed by atoms with van der Waals surface area (Å²) in [4.78, 5) is 13.7. The lowest BCUT2D eigenvalue weighted by molar-refractivity contribution is -0.132. The van der Waals surface area contributed by atoms with Gasteiger partial charge in [-0.3, -0.25) is 4.79 Å². The molecule has 3 heteroatoms. The molecular weight excluding hydrogens is 212 g/mol. The lowest BCUT2D eigenvalue weighted by Gasteiger charge is -2.36. The molecule has 3 nitrogen and oxygen atoms in total. The van der Waals surface area contributed by atoms with E-state index in [9.17, 15) is 4.79 Å². The van der Waals surface area contributed by atoms with E-state index in [1.54, 1.807) is 6.92 Å². The molecule has 2 aliphatic rings. The molecule has 2 heterocycles. The van der Waals surface area contributed by atoms with Gasteiger partial charge >= 0.3 is 0 Å². The average Bonchev–Trinajstić information content (AvgIpc) is 2.38. The van der Waals surface area contributed by atoms with Gasteiger partial charge in [0.2, 0.25) is 5.91 Å². The van der Waals surface area contributed by atoms with E-state index in [1.165, 1.54) is 57.9 Å². The third-order valence-electron chi connectivity index (χ3n) is 4.29. The minimum absolute atomic E-state index is 0.270. The summed E-state index contributed by atoms with van der Waals surface area (Å²) in [5, 5.41) is 3.60. The standard InChI is InChI=1S/C14H26N2O/c1-12(17)16-11-5-3-7-14(16)9-8-13-6-2-4-10-15-13/h13-15H,2-11H2,1H3. The number of likely N-dealkylation sites (tertiary alicyclic amines) is 1. The molecule has 0 spiro atoms. The second-order valence-corrected chi connectivity index (χ2v) is 5.59. The molecule has 2 rings (SSSR count). The summed E-state index contributed by atoms with van der Waals surface area (Å²) in [5.74, 6) is 0.270. The van der Waals surface area contributed by atoms with Crippen LogP contribution in [0.4, 0.5) is 0 Å². The van der Waals surface area contributed by atoms with Crippen LogP contribution in [0.15, 0.2) is 0 Å². The maximum absolute atomic E-state index is 11.6. The molecule has 0 aromatic carbocycles. The second kappa shape index (κ2) is 6.39. The normalized spacial score (nSPS) is 30.3. The van der Waals surface area contributed by atoms with Gasteiger partial charge in [0, 0.05) is 25.6 Å². The van der Waals surface area contributed by atoms with Gasteiger partial charge in [-0.25, -0.2) is 0 Å². The Labute approximate surface area is 105 Å². The zero-order valence-electron chi connectivity index (χ0n) is 11.1. The Kier molecular flexibility index (Phi) is 4.84. The number of carbonyl (C=O) groups is 1. The zero-order valence-corrected chi connectivity index (χ0v) is 11.1. The summed E-state index contributed by atoms with van der Waals surface area (Å²) >= 11 is 0. The van der Waals surface area contributed by atoms with Gasteiger partial charge in [-0.1, -0.05) is 6.42 Å². The lowest BCUT2D eigenvalue weighted by Crippen LogP contribution is -2.43. The van der Waals surface area contributed by atoms with Crippen LogP contribution in [-0.4, -0.2) is 36.0 Å². The molecule has 2 atom stereocenters. The molecule has 2 unspecified atom stereocenters. The number of rotatable bonds is 3. The van der Waals surface area contributed by atoms with E-state index in [0.717, 1.165) is 6.54 Å². The minimum atomic E-state index is 0.270. The Hall–Kier alpha value is -0.570. The van der Waals surface area contributed by atoms with Crippen molar-refractivity contribution in [2.24, 2.45) is 0 Å². The van der Waals surface area contributed by atoms with Crippen molar-refractivity contribution in [3.63, 3.8) is 0 Å². The first-order chi connectivity index (χ1) is 8.27. The summed E-state index contributed by atoms with van der Waals surface area (Å²) in [6.45, 7) is 3.89. The zero-order chi connectivity index (χ0) is 12.1. The van der Waals surface area contributed by atoms with Crippen LogP contribution >= 0.6 is 0 Å². The highest BCUT2D eigenvalue weighted by molar-refractivity contribution is 5.73. The van der Waals surface area contributed by atoms with Crippen molar-refractivity contribution in [1.82, 2.24) is 10.2 Å². The average molecular weight is 238 g/mol. The molecule has 0 aliphatic carbocycles. The van der Waals surface area contributed by atoms with Gasteiger partial charge < -0.3 is 10.2 Å². The summed E-state index contributed by atoms with van der Waals surface area (Å²) in [5.41, 5.74) is 0. The van der Waals surface area contributed by atoms with E-state index in [1.807, 2.05) is 0 Å². The van der Waals surface area contributed by atoms with E-state index in [-0.39, 0.29) is 5.91 Å². The largest absolute Gasteiger partial charge is 0.340 e. The Morgan fingerprint density at radius 3 is 2.71 bits per heavy atom. The van der Waals surface area contributed by atoms with E-state index < -0.39 is 0 Å². The SMILES string of the molecule is CC(=O)N1CCCCC1CCC1CCCCN1. The molecular formula is C14H26N2O. The van der Waals surface area contributed by atoms with Crippen molar-refractivity contribution in [2.75, 3.05) is 13.1 Å². The third-order valence-corrected chi connectivity index (χ3v) is 4.29. The first kappa shape index (κ1) is 12.9. The van der Waals surface area contributed by atoms with Gasteiger partial charge in [-0.15, -0.1) is 0 Å². The van der Waals surface area contributed by atoms with Crippen molar-refractivity contribution >= 4 is 5.91 Å². The number of hydrogen-bond donors (Lipinski definition) is 1. The Morgan fingerprint density at radius 2 is 2.00 bits per heavy atom. The van der Waals surface area contributed by atoms with Crippen molar-refractivity contribution in [2.45, 2.75) is 70.4 Å². The molecule has 1 amide bonds. The van der Waals surface area contributed by atoms with Crippen LogP contribution < -0.4 is 5.32 Å². The number of piperidine rings is 2. The summed E-state index contributed by atoms with van der Waals surface area (Å²) in [6, 6.07) is 1.23. The maximum Gasteiger partial charge on any atom is 0.219 e. The first-order valence-electron chi connectivity index (χ1n) is 7.28. The van der Waals surface area contributed by atoms with Gasteiger partial charge in [0.15, 0.2) is 0 Å². The molecule has 0 saturated carbocycles. The van der Waals surface area contributed by atoms with Crippen molar-refractivity contribution in [3.05, 3.63) is 0 Å². The number of amides is 1. The predicted molar refractivity (Wildman–Crippen MR) is 69.9 cm³/mol. The number of hydrogen-bond acceptors (Lipinski definition) is 2. The molecule has 0 bridgehead atoms. The van der Waals surface area contributed by atoms with Gasteiger partial charge in [0.25, 0.3) is 0 Å². The van der Waals surface area contributed by atoms with Gasteiger partial charge in [-0.05, 0) is 51.5 Å². The summed E-state index contributed by atoms with van der Waals surface area (Å²) in [6.07, 6.45) is 10.2. The maximum atomic E-state index is 11.6. The minimum Gasteiger partial charge on any atom is -0.340 e. The third kappa shape index (κ3) is 3.70. The van der Waals surface area contributed by atoms with Crippen LogP contribution in [0.2, 0.25) is 0 Å². The van der Waals surface area contributed by atoms with Crippen LogP contribution in [0.3, 0.4) is 0 Å². The number of nitrogens with one attached hydrogen (secondary N) is 1. The predicted octanol–water partition coefficient (Wildman–Crippen LogP) is 2.31. The summed E-state index contributed by atoms with van der Waals surface area (Å²) in [7, 11) is 0. The van der Waals surface area contributed by atoms with Crippen LogP contribution in [0.25, 0.3) is 0 Å². The molecule has 0 aromatic heterocycles. The molecule has 98 valence electrons. The van der Waals surface area contributed by atoms with E-state index in [4.69, 9.17) is 0 Å². The van der Waals surface area contributed by atoms with E-state index >= 15 is 0 Å². The second-order valence-electron chi connectivity index (χ2n) is 5.59. The lowest BCUT2D eigenvalue weighted by atomic mass is 9.93. The molecule has 2 aliphatic heterocycles.